The van der Waals surface area contributed by atoms with Gasteiger partial charge in [-0.05, 0) is 32.1 Å². The second-order valence-corrected chi connectivity index (χ2v) is 3.81. The van der Waals surface area contributed by atoms with E-state index in [-0.39, 0.29) is 0 Å². The van der Waals surface area contributed by atoms with Crippen LogP contribution in [0.25, 0.3) is 0 Å². The molecule has 0 aliphatic heterocycles. The summed E-state index contributed by atoms with van der Waals surface area (Å²) < 4.78 is 0. The fourth-order valence-electron chi connectivity index (χ4n) is 1.57. The van der Waals surface area contributed by atoms with E-state index in [4.69, 9.17) is 6.42 Å². The van der Waals surface area contributed by atoms with Gasteiger partial charge in [0.2, 0.25) is 0 Å². The Labute approximate surface area is 75.9 Å². The van der Waals surface area contributed by atoms with Gasteiger partial charge in [-0.25, -0.2) is 0 Å². The Morgan fingerprint density at radius 3 is 2.67 bits per heavy atom. The predicted octanol–water partition coefficient (Wildman–Crippen LogP) is 2.18. The first-order valence-electron chi connectivity index (χ1n) is 4.97. The van der Waals surface area contributed by atoms with E-state index in [1.165, 1.54) is 12.8 Å². The molecule has 1 saturated carbocycles. The van der Waals surface area contributed by atoms with E-state index >= 15 is 0 Å². The monoisotopic (exact) mass is 165 g/mol. The number of hydrogen-bond acceptors (Lipinski definition) is 1. The topological polar surface area (TPSA) is 12.0 Å². The van der Waals surface area contributed by atoms with Gasteiger partial charge in [0.25, 0.3) is 0 Å². The summed E-state index contributed by atoms with van der Waals surface area (Å²) in [5.41, 5.74) is 0. The molecule has 0 aromatic heterocycles. The predicted molar refractivity (Wildman–Crippen MR) is 52.9 cm³/mol. The average Bonchev–Trinajstić information content (AvgIpc) is 2.85. The lowest BCUT2D eigenvalue weighted by molar-refractivity contribution is 0.410. The average molecular weight is 165 g/mol. The van der Waals surface area contributed by atoms with Crippen LogP contribution in [0.3, 0.4) is 0 Å². The minimum absolute atomic E-state index is 0.533. The maximum absolute atomic E-state index is 5.28. The van der Waals surface area contributed by atoms with Crippen LogP contribution >= 0.6 is 0 Å². The minimum Gasteiger partial charge on any atom is -0.310 e. The van der Waals surface area contributed by atoms with Crippen molar-refractivity contribution in [3.05, 3.63) is 0 Å². The molecule has 2 atom stereocenters. The molecule has 1 aliphatic carbocycles. The van der Waals surface area contributed by atoms with E-state index in [0.717, 1.165) is 18.8 Å². The molecule has 0 aromatic carbocycles. The number of rotatable bonds is 5. The lowest BCUT2D eigenvalue weighted by atomic mass is 10.1. The smallest absolute Gasteiger partial charge is 0.0240 e. The molecule has 1 heteroatoms. The van der Waals surface area contributed by atoms with Crippen molar-refractivity contribution in [2.45, 2.75) is 51.6 Å². The second kappa shape index (κ2) is 4.52. The van der Waals surface area contributed by atoms with Gasteiger partial charge in [0.1, 0.15) is 0 Å². The zero-order chi connectivity index (χ0) is 8.97. The maximum atomic E-state index is 5.28. The van der Waals surface area contributed by atoms with Crippen LogP contribution in [0.15, 0.2) is 0 Å². The molecule has 0 heterocycles. The molecule has 1 N–H and O–H groups in total. The van der Waals surface area contributed by atoms with E-state index in [1.54, 1.807) is 0 Å². The third-order valence-corrected chi connectivity index (χ3v) is 2.68. The molecule has 1 aliphatic rings. The molecule has 1 rings (SSSR count). The highest BCUT2D eigenvalue weighted by molar-refractivity contribution is 4.92. The first-order chi connectivity index (χ1) is 5.77. The van der Waals surface area contributed by atoms with E-state index < -0.39 is 0 Å². The van der Waals surface area contributed by atoms with Crippen molar-refractivity contribution >= 4 is 0 Å². The van der Waals surface area contributed by atoms with Crippen LogP contribution in [-0.4, -0.2) is 12.1 Å². The quantitative estimate of drug-likeness (QED) is 0.616. The maximum Gasteiger partial charge on any atom is 0.0240 e. The highest BCUT2D eigenvalue weighted by Crippen LogP contribution is 2.32. The van der Waals surface area contributed by atoms with Gasteiger partial charge >= 0.3 is 0 Å². The lowest BCUT2D eigenvalue weighted by Gasteiger charge is -2.20. The highest BCUT2D eigenvalue weighted by atomic mass is 15.0. The molecule has 1 nitrogen and oxygen atoms in total. The van der Waals surface area contributed by atoms with Crippen molar-refractivity contribution in [1.29, 1.82) is 0 Å². The van der Waals surface area contributed by atoms with Gasteiger partial charge in [0, 0.05) is 18.5 Å². The van der Waals surface area contributed by atoms with E-state index in [0.29, 0.717) is 12.1 Å². The molecule has 1 fully saturated rings. The van der Waals surface area contributed by atoms with E-state index in [1.807, 2.05) is 0 Å². The number of terminal acetylenes is 1. The van der Waals surface area contributed by atoms with Crippen LogP contribution in [0.5, 0.6) is 0 Å². The van der Waals surface area contributed by atoms with Crippen LogP contribution in [0, 0.1) is 18.3 Å². The van der Waals surface area contributed by atoms with Gasteiger partial charge in [-0.1, -0.05) is 6.92 Å². The van der Waals surface area contributed by atoms with Crippen molar-refractivity contribution in [2.75, 3.05) is 0 Å². The largest absolute Gasteiger partial charge is 0.310 e. The number of nitrogens with one attached hydrogen (secondary N) is 1. The van der Waals surface area contributed by atoms with Crippen LogP contribution in [-0.2, 0) is 0 Å². The normalized spacial score (nSPS) is 21.4. The fourth-order valence-corrected chi connectivity index (χ4v) is 1.57. The van der Waals surface area contributed by atoms with Crippen molar-refractivity contribution in [3.8, 4) is 12.3 Å². The van der Waals surface area contributed by atoms with Crippen LogP contribution in [0.2, 0.25) is 0 Å². The summed E-state index contributed by atoms with van der Waals surface area (Å²) in [7, 11) is 0. The Morgan fingerprint density at radius 2 is 2.25 bits per heavy atom. The SMILES string of the molecule is C#CCC(CC)NC(C)C1CC1. The molecule has 0 amide bonds. The first-order valence-corrected chi connectivity index (χ1v) is 4.97. The Morgan fingerprint density at radius 1 is 1.58 bits per heavy atom. The van der Waals surface area contributed by atoms with Crippen molar-refractivity contribution in [2.24, 2.45) is 5.92 Å². The molecular formula is C11H19N. The Balaban J connectivity index is 2.21. The van der Waals surface area contributed by atoms with Gasteiger partial charge in [-0.15, -0.1) is 12.3 Å². The lowest BCUT2D eigenvalue weighted by Crippen LogP contribution is -2.37. The van der Waals surface area contributed by atoms with Crippen LogP contribution in [0.1, 0.15) is 39.5 Å². The molecule has 2 unspecified atom stereocenters. The first kappa shape index (κ1) is 9.61. The van der Waals surface area contributed by atoms with Gasteiger partial charge in [-0.3, -0.25) is 0 Å². The number of hydrogen-bond donors (Lipinski definition) is 1. The third kappa shape index (κ3) is 2.87. The third-order valence-electron chi connectivity index (χ3n) is 2.68. The molecule has 68 valence electrons. The molecular weight excluding hydrogens is 146 g/mol. The van der Waals surface area contributed by atoms with Gasteiger partial charge in [0.15, 0.2) is 0 Å². The van der Waals surface area contributed by atoms with Crippen LogP contribution in [0.4, 0.5) is 0 Å². The molecule has 0 bridgehead atoms. The van der Waals surface area contributed by atoms with Crippen molar-refractivity contribution < 1.29 is 0 Å². The zero-order valence-electron chi connectivity index (χ0n) is 8.14. The fraction of sp³-hybridized carbons (Fsp3) is 0.818. The Kier molecular flexibility index (Phi) is 3.62. The van der Waals surface area contributed by atoms with Crippen molar-refractivity contribution in [3.63, 3.8) is 0 Å². The standard InChI is InChI=1S/C11H19N/c1-4-6-11(5-2)12-9(3)10-7-8-10/h1,9-12H,5-8H2,2-3H3. The zero-order valence-corrected chi connectivity index (χ0v) is 8.14. The van der Waals surface area contributed by atoms with E-state index in [9.17, 15) is 0 Å². The summed E-state index contributed by atoms with van der Waals surface area (Å²) in [6, 6.07) is 1.20. The molecule has 0 saturated heterocycles. The summed E-state index contributed by atoms with van der Waals surface area (Å²) in [5, 5.41) is 3.59. The van der Waals surface area contributed by atoms with Gasteiger partial charge in [-0.2, -0.15) is 0 Å². The Bertz CT molecular complexity index is 164. The van der Waals surface area contributed by atoms with Crippen LogP contribution < -0.4 is 5.32 Å². The summed E-state index contributed by atoms with van der Waals surface area (Å²) in [6.07, 6.45) is 10.1. The second-order valence-electron chi connectivity index (χ2n) is 3.81. The Hall–Kier alpha value is -0.480. The molecule has 0 aromatic rings. The highest BCUT2D eigenvalue weighted by Gasteiger charge is 2.28. The molecule has 12 heavy (non-hydrogen) atoms. The van der Waals surface area contributed by atoms with Gasteiger partial charge in [0.05, 0.1) is 0 Å². The molecule has 0 spiro atoms. The minimum atomic E-state index is 0.533. The van der Waals surface area contributed by atoms with Gasteiger partial charge < -0.3 is 5.32 Å². The summed E-state index contributed by atoms with van der Waals surface area (Å²) in [6.45, 7) is 4.46. The van der Waals surface area contributed by atoms with Crippen molar-refractivity contribution in [1.82, 2.24) is 5.32 Å². The summed E-state index contributed by atoms with van der Waals surface area (Å²) >= 11 is 0. The summed E-state index contributed by atoms with van der Waals surface area (Å²) in [5.74, 6) is 3.65. The summed E-state index contributed by atoms with van der Waals surface area (Å²) in [4.78, 5) is 0. The van der Waals surface area contributed by atoms with E-state index in [2.05, 4.69) is 25.1 Å². The molecule has 0 radical (unpaired) electrons.